The summed E-state index contributed by atoms with van der Waals surface area (Å²) < 4.78 is 16.0. The van der Waals surface area contributed by atoms with Gasteiger partial charge in [-0.2, -0.15) is 5.10 Å². The van der Waals surface area contributed by atoms with Crippen LogP contribution in [0.3, 0.4) is 0 Å². The van der Waals surface area contributed by atoms with Crippen molar-refractivity contribution in [3.8, 4) is 34.3 Å². The van der Waals surface area contributed by atoms with Crippen molar-refractivity contribution in [2.24, 2.45) is 7.05 Å². The highest BCUT2D eigenvalue weighted by molar-refractivity contribution is 6.09. The largest absolute Gasteiger partial charge is 0.508 e. The Kier molecular flexibility index (Phi) is 10.9. The number of urea groups is 1. The number of benzene rings is 4. The summed E-state index contributed by atoms with van der Waals surface area (Å²) in [6, 6.07) is 25.8. The van der Waals surface area contributed by atoms with Gasteiger partial charge in [0.2, 0.25) is 5.91 Å². The molecule has 2 fully saturated rings. The van der Waals surface area contributed by atoms with Gasteiger partial charge in [-0.05, 0) is 110 Å². The molecule has 0 bridgehead atoms. The lowest BCUT2D eigenvalue weighted by atomic mass is 10.1. The minimum atomic E-state index is -0.506. The van der Waals surface area contributed by atoms with Crippen LogP contribution in [0.25, 0.3) is 33.1 Å². The number of amides is 4. The van der Waals surface area contributed by atoms with Gasteiger partial charge in [0.15, 0.2) is 12.4 Å². The van der Waals surface area contributed by atoms with E-state index in [1.807, 2.05) is 41.3 Å². The van der Waals surface area contributed by atoms with E-state index in [9.17, 15) is 24.6 Å². The summed E-state index contributed by atoms with van der Waals surface area (Å²) in [6.07, 6.45) is 2.09. The quantitative estimate of drug-likeness (QED) is 0.124. The van der Waals surface area contributed by atoms with Gasteiger partial charge in [0.1, 0.15) is 28.5 Å². The first-order chi connectivity index (χ1) is 28.1. The average Bonchev–Trinajstić information content (AvgIpc) is 3.70. The van der Waals surface area contributed by atoms with E-state index >= 15 is 0 Å². The number of rotatable bonds is 13. The van der Waals surface area contributed by atoms with Gasteiger partial charge in [0.25, 0.3) is 5.91 Å². The Morgan fingerprint density at radius 1 is 0.845 bits per heavy atom. The maximum absolute atomic E-state index is 13.2. The number of hydrogen-bond acceptors (Lipinski definition) is 9. The molecule has 0 spiro atoms. The summed E-state index contributed by atoms with van der Waals surface area (Å²) in [6.45, 7) is 7.22. The third-order valence-electron chi connectivity index (χ3n) is 11.0. The van der Waals surface area contributed by atoms with Crippen LogP contribution >= 0.6 is 0 Å². The monoisotopic (exact) mass is 785 g/mol. The smallest absolute Gasteiger partial charge is 0.329 e. The number of nitrogens with one attached hydrogen (secondary N) is 1. The van der Waals surface area contributed by atoms with Crippen molar-refractivity contribution < 1.29 is 34.1 Å². The van der Waals surface area contributed by atoms with Crippen LogP contribution in [0.5, 0.6) is 23.0 Å². The van der Waals surface area contributed by atoms with Crippen LogP contribution in [0.2, 0.25) is 0 Å². The molecule has 4 aromatic carbocycles. The van der Waals surface area contributed by atoms with E-state index in [2.05, 4.69) is 38.9 Å². The Labute approximate surface area is 335 Å². The summed E-state index contributed by atoms with van der Waals surface area (Å²) in [7, 11) is 1.76. The lowest BCUT2D eigenvalue weighted by Gasteiger charge is -2.34. The number of hydrogen-bond donors (Lipinski definition) is 3. The van der Waals surface area contributed by atoms with E-state index in [0.717, 1.165) is 71.5 Å². The molecule has 2 aliphatic heterocycles. The lowest BCUT2D eigenvalue weighted by Crippen LogP contribution is -2.50. The number of aryl methyl sites for hydroxylation is 2. The number of aromatic nitrogens is 3. The Bertz CT molecular complexity index is 2470. The summed E-state index contributed by atoms with van der Waals surface area (Å²) in [5, 5.41) is 28.6. The van der Waals surface area contributed by atoms with Gasteiger partial charge < -0.3 is 29.2 Å². The molecule has 3 N–H and O–H groups in total. The van der Waals surface area contributed by atoms with Crippen molar-refractivity contribution in [1.82, 2.24) is 29.5 Å². The number of ether oxygens (including phenoxy) is 2. The normalized spacial score (nSPS) is 15.0. The molecule has 0 unspecified atom stereocenters. The number of para-hydroxylation sites is 1. The Morgan fingerprint density at radius 2 is 1.60 bits per heavy atom. The molecule has 2 saturated heterocycles. The second-order valence-corrected chi connectivity index (χ2v) is 14.9. The highest BCUT2D eigenvalue weighted by Crippen LogP contribution is 2.37. The molecule has 58 heavy (non-hydrogen) atoms. The van der Waals surface area contributed by atoms with Gasteiger partial charge in [-0.15, -0.1) is 0 Å². The minimum Gasteiger partial charge on any atom is -0.508 e. The molecule has 14 nitrogen and oxygen atoms in total. The molecule has 300 valence electrons. The lowest BCUT2D eigenvalue weighted by molar-refractivity contribution is -0.135. The Hall–Kier alpha value is -6.54. The molecule has 0 saturated carbocycles. The van der Waals surface area contributed by atoms with E-state index in [1.54, 1.807) is 48.1 Å². The number of phenols is 2. The standard InChI is InChI=1S/C44H47N7O7/c1-29-36-26-33(53)14-17-37(36)51(41(29)31-10-12-32(52)13-11-31)27-30-8-15-34(16-9-30)57-25-4-3-19-48-21-23-49(24-22-48)40(55)28-58-38-7-5-6-35-42(38)47(2)46-43(35)50-20-18-39(54)45-44(50)56/h5-17,26,52-53H,3-4,18-25,27-28H2,1-2H3,(H,45,54,56). The van der Waals surface area contributed by atoms with Gasteiger partial charge in [-0.1, -0.05) is 18.2 Å². The zero-order chi connectivity index (χ0) is 40.3. The number of carbonyl (C=O) groups excluding carboxylic acids is 3. The molecular formula is C44H47N7O7. The fourth-order valence-corrected chi connectivity index (χ4v) is 7.98. The van der Waals surface area contributed by atoms with Gasteiger partial charge >= 0.3 is 6.03 Å². The predicted molar refractivity (Wildman–Crippen MR) is 220 cm³/mol. The first-order valence-electron chi connectivity index (χ1n) is 19.7. The molecule has 2 aromatic heterocycles. The van der Waals surface area contributed by atoms with Crippen molar-refractivity contribution >= 4 is 45.5 Å². The van der Waals surface area contributed by atoms with E-state index in [1.165, 1.54) is 4.90 Å². The third kappa shape index (κ3) is 8.00. The van der Waals surface area contributed by atoms with Crippen molar-refractivity contribution in [1.29, 1.82) is 0 Å². The zero-order valence-corrected chi connectivity index (χ0v) is 32.7. The van der Waals surface area contributed by atoms with Gasteiger partial charge in [-0.3, -0.25) is 29.4 Å². The molecule has 6 aromatic rings. The number of anilines is 1. The van der Waals surface area contributed by atoms with E-state index in [-0.39, 0.29) is 42.9 Å². The SMILES string of the molecule is Cc1c(-c2ccc(O)cc2)n(Cc2ccc(OCCCCN3CCN(C(=O)COc4cccc5c(N6CCC(=O)NC6=O)nn(C)c45)CC3)cc2)c2ccc(O)cc12. The van der Waals surface area contributed by atoms with Crippen LogP contribution in [-0.2, 0) is 23.2 Å². The number of imide groups is 1. The first-order valence-corrected chi connectivity index (χ1v) is 19.7. The molecule has 0 radical (unpaired) electrons. The number of nitrogens with zero attached hydrogens (tertiary/aromatic N) is 6. The fraction of sp³-hybridized carbons (Fsp3) is 0.318. The zero-order valence-electron chi connectivity index (χ0n) is 32.7. The number of carbonyl (C=O) groups is 3. The summed E-state index contributed by atoms with van der Waals surface area (Å²) in [5.74, 6) is 1.82. The van der Waals surface area contributed by atoms with Crippen LogP contribution in [-0.4, -0.2) is 105 Å². The van der Waals surface area contributed by atoms with Crippen molar-refractivity contribution in [3.05, 3.63) is 96.1 Å². The van der Waals surface area contributed by atoms with Crippen LogP contribution in [0.4, 0.5) is 10.6 Å². The minimum absolute atomic E-state index is 0.0812. The van der Waals surface area contributed by atoms with E-state index in [4.69, 9.17) is 9.47 Å². The number of piperazine rings is 1. The molecule has 4 amide bonds. The molecule has 8 rings (SSSR count). The molecular weight excluding hydrogens is 739 g/mol. The Balaban J connectivity index is 0.778. The summed E-state index contributed by atoms with van der Waals surface area (Å²) >= 11 is 0. The van der Waals surface area contributed by atoms with Crippen molar-refractivity contribution in [2.75, 3.05) is 57.4 Å². The first kappa shape index (κ1) is 38.3. The van der Waals surface area contributed by atoms with Gasteiger partial charge in [-0.25, -0.2) is 4.79 Å². The maximum atomic E-state index is 13.2. The molecule has 0 aliphatic carbocycles. The van der Waals surface area contributed by atoms with Crippen LogP contribution < -0.4 is 19.7 Å². The van der Waals surface area contributed by atoms with Gasteiger partial charge in [0.05, 0.1) is 12.3 Å². The van der Waals surface area contributed by atoms with Gasteiger partial charge in [0, 0.05) is 69.0 Å². The highest BCUT2D eigenvalue weighted by atomic mass is 16.5. The fourth-order valence-electron chi connectivity index (χ4n) is 7.98. The number of phenolic OH excluding ortho intramolecular Hbond substituents is 2. The summed E-state index contributed by atoms with van der Waals surface area (Å²) in [4.78, 5) is 42.9. The molecule has 0 atom stereocenters. The Morgan fingerprint density at radius 3 is 2.36 bits per heavy atom. The number of fused-ring (bicyclic) bond motifs is 2. The van der Waals surface area contributed by atoms with E-state index < -0.39 is 6.03 Å². The van der Waals surface area contributed by atoms with Crippen molar-refractivity contribution in [2.45, 2.75) is 32.7 Å². The molecule has 4 heterocycles. The number of unbranched alkanes of at least 4 members (excludes halogenated alkanes) is 1. The summed E-state index contributed by atoms with van der Waals surface area (Å²) in [5.41, 5.74) is 5.91. The van der Waals surface area contributed by atoms with Crippen LogP contribution in [0.1, 0.15) is 30.4 Å². The van der Waals surface area contributed by atoms with Crippen LogP contribution in [0, 0.1) is 6.92 Å². The second-order valence-electron chi connectivity index (χ2n) is 14.9. The third-order valence-corrected chi connectivity index (χ3v) is 11.0. The predicted octanol–water partition coefficient (Wildman–Crippen LogP) is 5.79. The topological polar surface area (TPSA) is 155 Å². The number of aromatic hydroxyl groups is 2. The average molecular weight is 786 g/mol. The second kappa shape index (κ2) is 16.5. The van der Waals surface area contributed by atoms with Crippen LogP contribution in [0.15, 0.2) is 84.9 Å². The van der Waals surface area contributed by atoms with E-state index in [0.29, 0.717) is 48.7 Å². The molecule has 2 aliphatic rings. The van der Waals surface area contributed by atoms with Crippen molar-refractivity contribution in [3.63, 3.8) is 0 Å². The maximum Gasteiger partial charge on any atom is 0.329 e. The highest BCUT2D eigenvalue weighted by Gasteiger charge is 2.29. The molecule has 14 heteroatoms.